The average molecular weight is 411 g/mol. The van der Waals surface area contributed by atoms with Gasteiger partial charge in [0.1, 0.15) is 30.0 Å². The van der Waals surface area contributed by atoms with E-state index < -0.39 is 42.1 Å². The Morgan fingerprint density at radius 1 is 1.21 bits per heavy atom. The summed E-state index contributed by atoms with van der Waals surface area (Å²) in [6.45, 7) is 1.85. The van der Waals surface area contributed by atoms with E-state index in [1.165, 1.54) is 16.7 Å². The number of aliphatic hydroxyl groups is 1. The first-order valence-corrected chi connectivity index (χ1v) is 9.37. The van der Waals surface area contributed by atoms with Crippen molar-refractivity contribution in [3.63, 3.8) is 0 Å². The van der Waals surface area contributed by atoms with Gasteiger partial charge in [-0.3, -0.25) is 14.4 Å². The van der Waals surface area contributed by atoms with Crippen molar-refractivity contribution in [3.05, 3.63) is 29.3 Å². The fraction of sp³-hybridized carbons (Fsp3) is 0.526. The summed E-state index contributed by atoms with van der Waals surface area (Å²) < 4.78 is 34.7. The minimum absolute atomic E-state index is 0.150. The first kappa shape index (κ1) is 21.0. The lowest BCUT2D eigenvalue weighted by Crippen LogP contribution is -2.50. The maximum atomic E-state index is 14.7. The van der Waals surface area contributed by atoms with E-state index in [0.717, 1.165) is 12.1 Å². The largest absolute Gasteiger partial charge is 0.460 e. The molecular weight excluding hydrogens is 388 g/mol. The van der Waals surface area contributed by atoms with Gasteiger partial charge in [0.2, 0.25) is 11.8 Å². The van der Waals surface area contributed by atoms with E-state index >= 15 is 0 Å². The molecule has 0 bridgehead atoms. The first-order chi connectivity index (χ1) is 13.8. The summed E-state index contributed by atoms with van der Waals surface area (Å²) in [5.74, 6) is -3.64. The molecule has 0 radical (unpaired) electrons. The molecule has 1 aromatic carbocycles. The summed E-state index contributed by atoms with van der Waals surface area (Å²) >= 11 is 0. The number of aliphatic hydroxyl groups excluding tert-OH is 1. The summed E-state index contributed by atoms with van der Waals surface area (Å²) in [5.41, 5.74) is -0.0147. The van der Waals surface area contributed by atoms with Gasteiger partial charge >= 0.3 is 5.97 Å². The van der Waals surface area contributed by atoms with E-state index in [-0.39, 0.29) is 56.3 Å². The number of esters is 1. The number of anilines is 1. The smallest absolute Gasteiger partial charge is 0.313 e. The second-order valence-corrected chi connectivity index (χ2v) is 7.14. The SMILES string of the molecule is CC(=O)NCC1CC(c2cc(F)c(N3CCN(C(=O)CO)CC3)c(F)c2)C(=O)O1. The van der Waals surface area contributed by atoms with E-state index in [2.05, 4.69) is 5.32 Å². The lowest BCUT2D eigenvalue weighted by molar-refractivity contribution is -0.142. The van der Waals surface area contributed by atoms with Crippen molar-refractivity contribution < 1.29 is 33.0 Å². The molecule has 2 fully saturated rings. The van der Waals surface area contributed by atoms with Gasteiger partial charge in [0.15, 0.2) is 0 Å². The number of nitrogens with one attached hydrogen (secondary N) is 1. The van der Waals surface area contributed by atoms with Gasteiger partial charge in [-0.15, -0.1) is 0 Å². The first-order valence-electron chi connectivity index (χ1n) is 9.37. The predicted molar refractivity (Wildman–Crippen MR) is 98.2 cm³/mol. The standard InChI is InChI=1S/C19H23F2N3O5/c1-11(26)22-9-13-8-14(19(28)29-13)12-6-15(20)18(16(21)7-12)24-4-2-23(3-5-24)17(27)10-25/h6-7,13-14,25H,2-5,8-10H2,1H3,(H,22,26). The van der Waals surface area contributed by atoms with Gasteiger partial charge in [0, 0.05) is 39.5 Å². The second kappa shape index (κ2) is 8.73. The molecule has 0 saturated carbocycles. The maximum absolute atomic E-state index is 14.7. The van der Waals surface area contributed by atoms with E-state index in [1.54, 1.807) is 0 Å². The topological polar surface area (TPSA) is 99.2 Å². The number of halogens is 2. The van der Waals surface area contributed by atoms with Gasteiger partial charge in [-0.05, 0) is 17.7 Å². The molecule has 0 spiro atoms. The Balaban J connectivity index is 1.71. The van der Waals surface area contributed by atoms with Crippen LogP contribution in [0.3, 0.4) is 0 Å². The normalized spacial score (nSPS) is 21.9. The van der Waals surface area contributed by atoms with Gasteiger partial charge in [0.05, 0.1) is 12.5 Å². The van der Waals surface area contributed by atoms with Crippen LogP contribution in [0.2, 0.25) is 0 Å². The number of piperazine rings is 1. The summed E-state index contributed by atoms with van der Waals surface area (Å²) in [7, 11) is 0. The predicted octanol–water partition coefficient (Wildman–Crippen LogP) is 0.141. The fourth-order valence-corrected chi connectivity index (χ4v) is 3.68. The highest BCUT2D eigenvalue weighted by Gasteiger charge is 2.37. The van der Waals surface area contributed by atoms with Crippen LogP contribution in [0.15, 0.2) is 12.1 Å². The molecule has 158 valence electrons. The molecule has 10 heteroatoms. The van der Waals surface area contributed by atoms with Crippen LogP contribution in [0, 0.1) is 11.6 Å². The van der Waals surface area contributed by atoms with Crippen molar-refractivity contribution in [1.29, 1.82) is 0 Å². The van der Waals surface area contributed by atoms with Gasteiger partial charge in [-0.1, -0.05) is 0 Å². The molecule has 2 amide bonds. The molecule has 1 aromatic rings. The van der Waals surface area contributed by atoms with Crippen LogP contribution >= 0.6 is 0 Å². The molecule has 2 atom stereocenters. The Hall–Kier alpha value is -2.75. The summed E-state index contributed by atoms with van der Waals surface area (Å²) in [6.07, 6.45) is -0.321. The highest BCUT2D eigenvalue weighted by molar-refractivity contribution is 5.81. The number of hydrogen-bond donors (Lipinski definition) is 2. The number of ether oxygens (including phenoxy) is 1. The molecule has 29 heavy (non-hydrogen) atoms. The van der Waals surface area contributed by atoms with Crippen LogP contribution in [0.4, 0.5) is 14.5 Å². The number of hydrogen-bond acceptors (Lipinski definition) is 6. The van der Waals surface area contributed by atoms with Crippen LogP contribution in [0.5, 0.6) is 0 Å². The van der Waals surface area contributed by atoms with Crippen LogP contribution < -0.4 is 10.2 Å². The lowest BCUT2D eigenvalue weighted by Gasteiger charge is -2.36. The number of cyclic esters (lactones) is 1. The van der Waals surface area contributed by atoms with Crippen LogP contribution in [-0.2, 0) is 19.1 Å². The number of rotatable bonds is 5. The third-order valence-electron chi connectivity index (χ3n) is 5.17. The number of benzene rings is 1. The molecule has 2 aliphatic rings. The van der Waals surface area contributed by atoms with Crippen LogP contribution in [-0.4, -0.2) is 73.2 Å². The summed E-state index contributed by atoms with van der Waals surface area (Å²) in [6, 6.07) is 2.27. The fourth-order valence-electron chi connectivity index (χ4n) is 3.68. The second-order valence-electron chi connectivity index (χ2n) is 7.14. The van der Waals surface area contributed by atoms with Crippen molar-refractivity contribution in [1.82, 2.24) is 10.2 Å². The average Bonchev–Trinajstić information content (AvgIpc) is 3.06. The van der Waals surface area contributed by atoms with Crippen molar-refractivity contribution in [2.45, 2.75) is 25.4 Å². The van der Waals surface area contributed by atoms with E-state index in [0.29, 0.717) is 0 Å². The minimum Gasteiger partial charge on any atom is -0.460 e. The van der Waals surface area contributed by atoms with Gasteiger partial charge in [0.25, 0.3) is 0 Å². The van der Waals surface area contributed by atoms with Gasteiger partial charge in [-0.2, -0.15) is 0 Å². The maximum Gasteiger partial charge on any atom is 0.313 e. The molecule has 2 unspecified atom stereocenters. The molecule has 2 saturated heterocycles. The van der Waals surface area contributed by atoms with Crippen molar-refractivity contribution in [2.75, 3.05) is 44.2 Å². The molecule has 2 N–H and O–H groups in total. The number of amides is 2. The third-order valence-corrected chi connectivity index (χ3v) is 5.17. The highest BCUT2D eigenvalue weighted by atomic mass is 19.1. The zero-order valence-electron chi connectivity index (χ0n) is 16.0. The molecule has 2 aliphatic heterocycles. The van der Waals surface area contributed by atoms with E-state index in [1.807, 2.05) is 0 Å². The van der Waals surface area contributed by atoms with Crippen molar-refractivity contribution in [3.8, 4) is 0 Å². The number of carbonyl (C=O) groups excluding carboxylic acids is 3. The Morgan fingerprint density at radius 3 is 2.38 bits per heavy atom. The molecule has 0 aromatic heterocycles. The van der Waals surface area contributed by atoms with Crippen LogP contribution in [0.1, 0.15) is 24.8 Å². The molecule has 8 nitrogen and oxygen atoms in total. The Kier molecular flexibility index (Phi) is 6.31. The molecular formula is C19H23F2N3O5. The van der Waals surface area contributed by atoms with E-state index in [9.17, 15) is 23.2 Å². The summed E-state index contributed by atoms with van der Waals surface area (Å²) in [4.78, 5) is 37.6. The highest BCUT2D eigenvalue weighted by Crippen LogP contribution is 2.34. The van der Waals surface area contributed by atoms with Gasteiger partial charge < -0.3 is 25.0 Å². The molecule has 3 rings (SSSR count). The Labute approximate surface area is 166 Å². The van der Waals surface area contributed by atoms with Crippen molar-refractivity contribution >= 4 is 23.5 Å². The molecule has 0 aliphatic carbocycles. The Bertz CT molecular complexity index is 788. The Morgan fingerprint density at radius 2 is 1.83 bits per heavy atom. The monoisotopic (exact) mass is 411 g/mol. The summed E-state index contributed by atoms with van der Waals surface area (Å²) in [5, 5.41) is 11.5. The van der Waals surface area contributed by atoms with E-state index in [4.69, 9.17) is 9.84 Å². The zero-order valence-corrected chi connectivity index (χ0v) is 16.0. The lowest BCUT2D eigenvalue weighted by atomic mass is 9.94. The number of nitrogens with zero attached hydrogens (tertiary/aromatic N) is 2. The third kappa shape index (κ3) is 4.64. The minimum atomic E-state index is -0.800. The zero-order chi connectivity index (χ0) is 21.1. The van der Waals surface area contributed by atoms with Crippen LogP contribution in [0.25, 0.3) is 0 Å². The quantitative estimate of drug-likeness (QED) is 0.669. The van der Waals surface area contributed by atoms with Gasteiger partial charge in [-0.25, -0.2) is 8.78 Å². The number of carbonyl (C=O) groups is 3. The molecule has 2 heterocycles. The van der Waals surface area contributed by atoms with Crippen molar-refractivity contribution in [2.24, 2.45) is 0 Å².